The average Bonchev–Trinajstić information content (AvgIpc) is 3.41. The van der Waals surface area contributed by atoms with E-state index >= 15 is 0 Å². The predicted molar refractivity (Wildman–Crippen MR) is 129 cm³/mol. The Bertz CT molecular complexity index is 1460. The number of morpholine rings is 1. The molecule has 1 fully saturated rings. The Morgan fingerprint density at radius 2 is 1.52 bits per heavy atom. The minimum Gasteiger partial charge on any atom is -0.378 e. The zero-order valence-corrected chi connectivity index (χ0v) is 18.6. The highest BCUT2D eigenvalue weighted by Gasteiger charge is 2.17. The van der Waals surface area contributed by atoms with Gasteiger partial charge in [0, 0.05) is 55.3 Å². The van der Waals surface area contributed by atoms with Gasteiger partial charge in [-0.05, 0) is 24.3 Å². The molecule has 6 rings (SSSR count). The zero-order valence-electron chi connectivity index (χ0n) is 18.6. The Balaban J connectivity index is 1.43. The molecule has 1 aliphatic rings. The Labute approximate surface area is 190 Å². The lowest BCUT2D eigenvalue weighted by molar-refractivity contribution is 0.122. The highest BCUT2D eigenvalue weighted by atomic mass is 16.5. The maximum absolute atomic E-state index is 5.53. The number of rotatable bonds is 4. The van der Waals surface area contributed by atoms with Crippen LogP contribution in [0.25, 0.3) is 33.1 Å². The average molecular weight is 441 g/mol. The summed E-state index contributed by atoms with van der Waals surface area (Å²) in [5.74, 6) is 1.44. The monoisotopic (exact) mass is 440 g/mol. The maximum Gasteiger partial charge on any atom is 0.228 e. The van der Waals surface area contributed by atoms with E-state index in [1.54, 1.807) is 0 Å². The molecule has 0 unspecified atom stereocenters. The fraction of sp³-hybridized carbons (Fsp3) is 0.250. The second-order valence-electron chi connectivity index (χ2n) is 8.25. The Morgan fingerprint density at radius 1 is 0.818 bits per heavy atom. The maximum atomic E-state index is 5.53. The molecule has 3 aromatic heterocycles. The summed E-state index contributed by atoms with van der Waals surface area (Å²) in [6, 6.07) is 14.5. The first-order chi connectivity index (χ1) is 16.1. The summed E-state index contributed by atoms with van der Waals surface area (Å²) in [7, 11) is 3.90. The molecule has 1 aliphatic heterocycles. The molecule has 0 bridgehead atoms. The van der Waals surface area contributed by atoms with Crippen molar-refractivity contribution in [1.29, 1.82) is 0 Å². The van der Waals surface area contributed by atoms with Crippen LogP contribution in [-0.2, 0) is 18.8 Å². The lowest BCUT2D eigenvalue weighted by atomic mass is 10.1. The highest BCUT2D eigenvalue weighted by Crippen LogP contribution is 2.28. The molecule has 0 spiro atoms. The van der Waals surface area contributed by atoms with Crippen LogP contribution in [0, 0.1) is 0 Å². The van der Waals surface area contributed by atoms with Crippen LogP contribution < -0.4 is 10.2 Å². The van der Waals surface area contributed by atoms with Crippen molar-refractivity contribution in [3.63, 3.8) is 0 Å². The molecule has 2 aromatic carbocycles. The number of hydrogen-bond donors (Lipinski definition) is 1. The molecule has 33 heavy (non-hydrogen) atoms. The van der Waals surface area contributed by atoms with Crippen molar-refractivity contribution in [2.24, 2.45) is 14.1 Å². The molecule has 166 valence electrons. The molecular weight excluding hydrogens is 416 g/mol. The van der Waals surface area contributed by atoms with E-state index in [-0.39, 0.29) is 0 Å². The predicted octanol–water partition coefficient (Wildman–Crippen LogP) is 3.50. The number of aryl methyl sites for hydroxylation is 2. The summed E-state index contributed by atoms with van der Waals surface area (Å²) in [6.45, 7) is 2.89. The second kappa shape index (κ2) is 7.86. The van der Waals surface area contributed by atoms with E-state index in [4.69, 9.17) is 14.7 Å². The van der Waals surface area contributed by atoms with Crippen LogP contribution in [0.5, 0.6) is 0 Å². The van der Waals surface area contributed by atoms with Crippen molar-refractivity contribution in [3.05, 3.63) is 54.9 Å². The van der Waals surface area contributed by atoms with Gasteiger partial charge in [-0.1, -0.05) is 12.1 Å². The Morgan fingerprint density at radius 3 is 2.27 bits per heavy atom. The van der Waals surface area contributed by atoms with Gasteiger partial charge in [0.15, 0.2) is 0 Å². The molecular formula is C24H24N8O. The van der Waals surface area contributed by atoms with Gasteiger partial charge < -0.3 is 15.0 Å². The summed E-state index contributed by atoms with van der Waals surface area (Å²) >= 11 is 0. The van der Waals surface area contributed by atoms with Gasteiger partial charge in [0.25, 0.3) is 0 Å². The van der Waals surface area contributed by atoms with E-state index in [1.807, 2.05) is 48.0 Å². The van der Waals surface area contributed by atoms with E-state index in [9.17, 15) is 0 Å². The second-order valence-corrected chi connectivity index (χ2v) is 8.25. The first kappa shape index (κ1) is 19.7. The van der Waals surface area contributed by atoms with Gasteiger partial charge in [-0.2, -0.15) is 15.2 Å². The molecule has 0 aliphatic carbocycles. The minimum absolute atomic E-state index is 0.675. The van der Waals surface area contributed by atoms with Crippen LogP contribution in [-0.4, -0.2) is 55.8 Å². The number of hydrogen-bond acceptors (Lipinski definition) is 7. The third kappa shape index (κ3) is 3.66. The summed E-state index contributed by atoms with van der Waals surface area (Å²) in [5.41, 5.74) is 4.96. The SMILES string of the molecule is Cn1ncc2ccc(Nc3cc(-c4ccc5cnn(C)c5c4)nc(N4CCOCC4)n3)cc21. The van der Waals surface area contributed by atoms with E-state index < -0.39 is 0 Å². The zero-order chi connectivity index (χ0) is 22.4. The molecule has 9 heteroatoms. The quantitative estimate of drug-likeness (QED) is 0.458. The summed E-state index contributed by atoms with van der Waals surface area (Å²) in [6.07, 6.45) is 3.74. The lowest BCUT2D eigenvalue weighted by Crippen LogP contribution is -2.37. The van der Waals surface area contributed by atoms with Crippen molar-refractivity contribution >= 4 is 39.3 Å². The van der Waals surface area contributed by atoms with Crippen molar-refractivity contribution < 1.29 is 4.74 Å². The fourth-order valence-electron chi connectivity index (χ4n) is 4.22. The highest BCUT2D eigenvalue weighted by molar-refractivity contribution is 5.85. The number of anilines is 3. The molecule has 0 saturated carbocycles. The number of nitrogens with zero attached hydrogens (tertiary/aromatic N) is 7. The van der Waals surface area contributed by atoms with Crippen molar-refractivity contribution in [3.8, 4) is 11.3 Å². The van der Waals surface area contributed by atoms with Gasteiger partial charge >= 0.3 is 0 Å². The van der Waals surface area contributed by atoms with E-state index in [2.05, 4.69) is 50.7 Å². The minimum atomic E-state index is 0.675. The topological polar surface area (TPSA) is 85.9 Å². The van der Waals surface area contributed by atoms with Crippen LogP contribution in [0.4, 0.5) is 17.5 Å². The standard InChI is InChI=1S/C24H24N8O/c1-30-21-11-16(3-4-17(21)14-25-30)20-13-23(29-24(28-20)32-7-9-33-10-8-32)27-19-6-5-18-15-26-31(2)22(18)12-19/h3-6,11-15H,7-10H2,1-2H3,(H,27,28,29). The number of ether oxygens (including phenoxy) is 1. The first-order valence-corrected chi connectivity index (χ1v) is 11.0. The molecule has 4 heterocycles. The molecule has 0 atom stereocenters. The summed E-state index contributed by atoms with van der Waals surface area (Å²) in [4.78, 5) is 11.9. The van der Waals surface area contributed by atoms with Crippen LogP contribution in [0.2, 0.25) is 0 Å². The van der Waals surface area contributed by atoms with E-state index in [0.29, 0.717) is 19.2 Å². The van der Waals surface area contributed by atoms with Crippen LogP contribution >= 0.6 is 0 Å². The third-order valence-corrected chi connectivity index (χ3v) is 6.07. The van der Waals surface area contributed by atoms with Gasteiger partial charge in [0.2, 0.25) is 5.95 Å². The Hall–Kier alpha value is -3.98. The molecule has 9 nitrogen and oxygen atoms in total. The molecule has 0 radical (unpaired) electrons. The molecule has 5 aromatic rings. The van der Waals surface area contributed by atoms with E-state index in [1.165, 1.54) is 0 Å². The van der Waals surface area contributed by atoms with Gasteiger partial charge in [-0.15, -0.1) is 0 Å². The first-order valence-electron chi connectivity index (χ1n) is 11.0. The van der Waals surface area contributed by atoms with Crippen LogP contribution in [0.3, 0.4) is 0 Å². The van der Waals surface area contributed by atoms with Crippen molar-refractivity contribution in [1.82, 2.24) is 29.5 Å². The smallest absolute Gasteiger partial charge is 0.228 e. The van der Waals surface area contributed by atoms with Gasteiger partial charge in [-0.25, -0.2) is 4.98 Å². The molecule has 1 N–H and O–H groups in total. The van der Waals surface area contributed by atoms with Gasteiger partial charge in [0.1, 0.15) is 5.82 Å². The van der Waals surface area contributed by atoms with E-state index in [0.717, 1.165) is 57.7 Å². The fourth-order valence-corrected chi connectivity index (χ4v) is 4.22. The number of fused-ring (bicyclic) bond motifs is 2. The molecule has 1 saturated heterocycles. The van der Waals surface area contributed by atoms with Crippen LogP contribution in [0.15, 0.2) is 54.9 Å². The summed E-state index contributed by atoms with van der Waals surface area (Å²) in [5, 5.41) is 14.4. The normalized spacial score (nSPS) is 14.3. The number of aromatic nitrogens is 6. The number of benzene rings is 2. The third-order valence-electron chi connectivity index (χ3n) is 6.07. The summed E-state index contributed by atoms with van der Waals surface area (Å²) < 4.78 is 9.28. The number of nitrogens with one attached hydrogen (secondary N) is 1. The lowest BCUT2D eigenvalue weighted by Gasteiger charge is -2.27. The van der Waals surface area contributed by atoms with Crippen LogP contribution in [0.1, 0.15) is 0 Å². The molecule has 0 amide bonds. The van der Waals surface area contributed by atoms with Crippen molar-refractivity contribution in [2.45, 2.75) is 0 Å². The largest absolute Gasteiger partial charge is 0.378 e. The Kier molecular flexibility index (Phi) is 4.69. The van der Waals surface area contributed by atoms with Crippen molar-refractivity contribution in [2.75, 3.05) is 36.5 Å². The van der Waals surface area contributed by atoms with Gasteiger partial charge in [-0.3, -0.25) is 9.36 Å². The van der Waals surface area contributed by atoms with Gasteiger partial charge in [0.05, 0.1) is 42.3 Å².